The second-order valence-electron chi connectivity index (χ2n) is 7.00. The molecule has 2 heterocycles. The van der Waals surface area contributed by atoms with E-state index < -0.39 is 17.8 Å². The number of carbonyl (C=O) groups excluding carboxylic acids is 1. The Morgan fingerprint density at radius 1 is 1.07 bits per heavy atom. The molecule has 2 unspecified atom stereocenters. The van der Waals surface area contributed by atoms with Gasteiger partial charge < -0.3 is 9.57 Å². The third-order valence-corrected chi connectivity index (χ3v) is 5.23. The van der Waals surface area contributed by atoms with Crippen molar-refractivity contribution < 1.29 is 14.4 Å². The number of H-pyrrole nitrogens is 1. The van der Waals surface area contributed by atoms with Gasteiger partial charge in [0.05, 0.1) is 18.5 Å². The van der Waals surface area contributed by atoms with Crippen molar-refractivity contribution in [3.8, 4) is 11.4 Å². The molecule has 4 rings (SSSR count). The Kier molecular flexibility index (Phi) is 4.80. The van der Waals surface area contributed by atoms with Crippen LogP contribution in [0, 0.1) is 12.8 Å². The topological polar surface area (TPSA) is 85.7 Å². The highest BCUT2D eigenvalue weighted by Crippen LogP contribution is 2.36. The zero-order chi connectivity index (χ0) is 20.5. The lowest BCUT2D eigenvalue weighted by Gasteiger charge is -2.21. The molecule has 0 spiro atoms. The number of benzene rings is 2. The van der Waals surface area contributed by atoms with E-state index >= 15 is 0 Å². The summed E-state index contributed by atoms with van der Waals surface area (Å²) in [5.74, 6) is -0.975. The van der Waals surface area contributed by atoms with E-state index in [1.807, 2.05) is 61.5 Å². The first-order valence-electron chi connectivity index (χ1n) is 9.27. The van der Waals surface area contributed by atoms with Crippen molar-refractivity contribution in [2.45, 2.75) is 19.8 Å². The molecule has 0 aliphatic carbocycles. The van der Waals surface area contributed by atoms with Gasteiger partial charge in [0.25, 0.3) is 5.56 Å². The van der Waals surface area contributed by atoms with Gasteiger partial charge in [-0.3, -0.25) is 9.89 Å². The van der Waals surface area contributed by atoms with Crippen LogP contribution in [0.15, 0.2) is 64.5 Å². The molecule has 7 heteroatoms. The molecular weight excluding hydrogens is 370 g/mol. The van der Waals surface area contributed by atoms with Crippen molar-refractivity contribution in [3.05, 3.63) is 81.8 Å². The van der Waals surface area contributed by atoms with Gasteiger partial charge in [0.15, 0.2) is 0 Å². The van der Waals surface area contributed by atoms with Crippen LogP contribution in [0.5, 0.6) is 5.75 Å². The Labute approximate surface area is 167 Å². The van der Waals surface area contributed by atoms with Crippen molar-refractivity contribution in [3.63, 3.8) is 0 Å². The highest BCUT2D eigenvalue weighted by Gasteiger charge is 2.41. The van der Waals surface area contributed by atoms with Gasteiger partial charge in [0.1, 0.15) is 11.7 Å². The van der Waals surface area contributed by atoms with Gasteiger partial charge in [-0.1, -0.05) is 35.5 Å². The van der Waals surface area contributed by atoms with E-state index in [1.165, 1.54) is 4.68 Å². The molecule has 0 fully saturated rings. The summed E-state index contributed by atoms with van der Waals surface area (Å²) in [7, 11) is 1.59. The van der Waals surface area contributed by atoms with Gasteiger partial charge in [-0.2, -0.15) is 0 Å². The molecule has 29 heavy (non-hydrogen) atoms. The normalized spacial score (nSPS) is 17.0. The average Bonchev–Trinajstić information content (AvgIpc) is 3.23. The molecule has 0 saturated carbocycles. The fourth-order valence-electron chi connectivity index (χ4n) is 3.80. The van der Waals surface area contributed by atoms with Crippen LogP contribution >= 0.6 is 0 Å². The number of methoxy groups -OCH3 is 1. The quantitative estimate of drug-likeness (QED) is 0.677. The number of aryl methyl sites for hydroxylation is 1. The SMILES string of the molecule is COc1ccc(C(c2c(C)[nH]n(-c3ccccc3)c2=O)C2C(=O)ON=C2C)cc1. The molecule has 2 aromatic carbocycles. The van der Waals surface area contributed by atoms with Crippen LogP contribution in [0.25, 0.3) is 5.69 Å². The molecule has 0 bridgehead atoms. The summed E-state index contributed by atoms with van der Waals surface area (Å²) >= 11 is 0. The third-order valence-electron chi connectivity index (χ3n) is 5.23. The van der Waals surface area contributed by atoms with Crippen LogP contribution in [0.4, 0.5) is 0 Å². The molecular formula is C22H21N3O4. The number of aromatic amines is 1. The number of carbonyl (C=O) groups is 1. The largest absolute Gasteiger partial charge is 0.497 e. The minimum atomic E-state index is -0.671. The Morgan fingerprint density at radius 3 is 2.34 bits per heavy atom. The van der Waals surface area contributed by atoms with Crippen molar-refractivity contribution in [2.24, 2.45) is 11.1 Å². The second kappa shape index (κ2) is 7.43. The summed E-state index contributed by atoms with van der Waals surface area (Å²) in [5, 5.41) is 6.99. The predicted octanol–water partition coefficient (Wildman–Crippen LogP) is 3.16. The van der Waals surface area contributed by atoms with Crippen LogP contribution in [-0.2, 0) is 9.63 Å². The van der Waals surface area contributed by atoms with Gasteiger partial charge in [-0.15, -0.1) is 0 Å². The number of para-hydroxylation sites is 1. The van der Waals surface area contributed by atoms with E-state index in [9.17, 15) is 9.59 Å². The maximum atomic E-state index is 13.4. The Morgan fingerprint density at radius 2 is 1.76 bits per heavy atom. The van der Waals surface area contributed by atoms with Crippen molar-refractivity contribution in [1.29, 1.82) is 0 Å². The van der Waals surface area contributed by atoms with Crippen molar-refractivity contribution >= 4 is 11.7 Å². The smallest absolute Gasteiger partial charge is 0.344 e. The highest BCUT2D eigenvalue weighted by molar-refractivity contribution is 6.05. The van der Waals surface area contributed by atoms with Gasteiger partial charge in [-0.05, 0) is 43.7 Å². The minimum Gasteiger partial charge on any atom is -0.497 e. The lowest BCUT2D eigenvalue weighted by atomic mass is 9.79. The molecule has 1 aromatic heterocycles. The van der Waals surface area contributed by atoms with Gasteiger partial charge in [-0.25, -0.2) is 9.48 Å². The number of nitrogens with one attached hydrogen (secondary N) is 1. The van der Waals surface area contributed by atoms with Gasteiger partial charge >= 0.3 is 5.97 Å². The number of aromatic nitrogens is 2. The van der Waals surface area contributed by atoms with E-state index in [0.717, 1.165) is 11.3 Å². The summed E-state index contributed by atoms with van der Waals surface area (Å²) in [6.07, 6.45) is 0. The lowest BCUT2D eigenvalue weighted by molar-refractivity contribution is -0.143. The molecule has 0 saturated heterocycles. The number of oxime groups is 1. The fourth-order valence-corrected chi connectivity index (χ4v) is 3.80. The van der Waals surface area contributed by atoms with Gasteiger partial charge in [0, 0.05) is 17.2 Å². The zero-order valence-corrected chi connectivity index (χ0v) is 16.4. The first-order chi connectivity index (χ1) is 14.0. The standard InChI is InChI=1S/C22H21N3O4/c1-13-18(21(26)25(23-13)16-7-5-4-6-8-16)20(19-14(2)24-29-22(19)27)15-9-11-17(28-3)12-10-15/h4-12,19-20,23H,1-3H3. The third kappa shape index (κ3) is 3.24. The summed E-state index contributed by atoms with van der Waals surface area (Å²) in [6.45, 7) is 3.57. The van der Waals surface area contributed by atoms with Crippen LogP contribution in [0.1, 0.15) is 29.7 Å². The molecule has 3 aromatic rings. The molecule has 0 radical (unpaired) electrons. The predicted molar refractivity (Wildman–Crippen MR) is 109 cm³/mol. The fraction of sp³-hybridized carbons (Fsp3) is 0.227. The molecule has 1 aliphatic heterocycles. The molecule has 0 amide bonds. The monoisotopic (exact) mass is 391 g/mol. The van der Waals surface area contributed by atoms with E-state index in [2.05, 4.69) is 10.3 Å². The first-order valence-corrected chi connectivity index (χ1v) is 9.27. The van der Waals surface area contributed by atoms with Crippen LogP contribution in [-0.4, -0.2) is 28.6 Å². The maximum absolute atomic E-state index is 13.4. The number of hydrogen-bond donors (Lipinski definition) is 1. The van der Waals surface area contributed by atoms with E-state index in [-0.39, 0.29) is 5.56 Å². The molecule has 148 valence electrons. The first kappa shape index (κ1) is 18.7. The molecule has 1 aliphatic rings. The van der Waals surface area contributed by atoms with E-state index in [0.29, 0.717) is 22.7 Å². The molecule has 7 nitrogen and oxygen atoms in total. The Bertz CT molecular complexity index is 1130. The Hall–Kier alpha value is -3.61. The molecule has 2 atom stereocenters. The average molecular weight is 391 g/mol. The highest BCUT2D eigenvalue weighted by atomic mass is 16.7. The van der Waals surface area contributed by atoms with E-state index in [1.54, 1.807) is 14.0 Å². The second-order valence-corrected chi connectivity index (χ2v) is 7.00. The summed E-state index contributed by atoms with van der Waals surface area (Å²) in [5.41, 5.74) is 3.07. The van der Waals surface area contributed by atoms with E-state index in [4.69, 9.17) is 9.57 Å². The number of nitrogens with zero attached hydrogens (tertiary/aromatic N) is 2. The summed E-state index contributed by atoms with van der Waals surface area (Å²) in [6, 6.07) is 16.7. The summed E-state index contributed by atoms with van der Waals surface area (Å²) < 4.78 is 6.74. The minimum absolute atomic E-state index is 0.206. The lowest BCUT2D eigenvalue weighted by Crippen LogP contribution is -2.30. The molecule has 1 N–H and O–H groups in total. The van der Waals surface area contributed by atoms with Crippen molar-refractivity contribution in [2.75, 3.05) is 7.11 Å². The van der Waals surface area contributed by atoms with Crippen LogP contribution < -0.4 is 10.3 Å². The van der Waals surface area contributed by atoms with Crippen LogP contribution in [0.3, 0.4) is 0 Å². The zero-order valence-electron chi connectivity index (χ0n) is 16.4. The van der Waals surface area contributed by atoms with Gasteiger partial charge in [0.2, 0.25) is 0 Å². The number of rotatable bonds is 5. The van der Waals surface area contributed by atoms with Crippen molar-refractivity contribution in [1.82, 2.24) is 9.78 Å². The number of ether oxygens (including phenoxy) is 1. The summed E-state index contributed by atoms with van der Waals surface area (Å²) in [4.78, 5) is 30.9. The Balaban J connectivity index is 1.90. The van der Waals surface area contributed by atoms with Crippen LogP contribution in [0.2, 0.25) is 0 Å². The maximum Gasteiger partial charge on any atom is 0.344 e. The number of hydrogen-bond acceptors (Lipinski definition) is 5.